The zero-order valence-electron chi connectivity index (χ0n) is 9.31. The van der Waals surface area contributed by atoms with E-state index in [2.05, 4.69) is 0 Å². The third-order valence-electron chi connectivity index (χ3n) is 2.07. The molecule has 0 spiro atoms. The molecule has 1 aromatic carbocycles. The van der Waals surface area contributed by atoms with Gasteiger partial charge in [-0.3, -0.25) is 0 Å². The Bertz CT molecular complexity index is 336. The lowest BCUT2D eigenvalue weighted by atomic mass is 10.1. The Morgan fingerprint density at radius 3 is 2.69 bits per heavy atom. The highest BCUT2D eigenvalue weighted by molar-refractivity contribution is 5.56. The van der Waals surface area contributed by atoms with E-state index >= 15 is 0 Å². The Balaban J connectivity index is 2.73. The van der Waals surface area contributed by atoms with Crippen LogP contribution in [0.4, 0.5) is 0 Å². The summed E-state index contributed by atoms with van der Waals surface area (Å²) in [6.07, 6.45) is 1.76. The van der Waals surface area contributed by atoms with Crippen molar-refractivity contribution in [1.82, 2.24) is 0 Å². The molecule has 0 radical (unpaired) electrons. The van der Waals surface area contributed by atoms with Gasteiger partial charge < -0.3 is 19.4 Å². The Kier molecular flexibility index (Phi) is 5.36. The fourth-order valence-electron chi connectivity index (χ4n) is 1.30. The van der Waals surface area contributed by atoms with E-state index in [9.17, 15) is 4.79 Å². The zero-order valence-corrected chi connectivity index (χ0v) is 9.31. The molecule has 1 aromatic rings. The minimum atomic E-state index is 0.102. The average Bonchev–Trinajstić information content (AvgIpc) is 2.29. The highest BCUT2D eigenvalue weighted by atomic mass is 16.5. The van der Waals surface area contributed by atoms with Crippen molar-refractivity contribution in [2.45, 2.75) is 12.8 Å². The van der Waals surface area contributed by atoms with E-state index in [-0.39, 0.29) is 6.61 Å². The first kappa shape index (κ1) is 12.5. The van der Waals surface area contributed by atoms with Crippen molar-refractivity contribution in [2.75, 3.05) is 20.3 Å². The van der Waals surface area contributed by atoms with Gasteiger partial charge in [0, 0.05) is 25.5 Å². The molecular weight excluding hydrogens is 208 g/mol. The number of carbonyl (C=O) groups excluding carboxylic acids is 1. The predicted molar refractivity (Wildman–Crippen MR) is 60.0 cm³/mol. The van der Waals surface area contributed by atoms with Gasteiger partial charge in [0.25, 0.3) is 0 Å². The molecule has 0 aliphatic rings. The summed E-state index contributed by atoms with van der Waals surface area (Å²) in [4.78, 5) is 10.4. The van der Waals surface area contributed by atoms with Crippen molar-refractivity contribution in [3.8, 4) is 11.5 Å². The molecule has 0 heterocycles. The highest BCUT2D eigenvalue weighted by Gasteiger charge is 2.02. The molecule has 0 aromatic heterocycles. The Morgan fingerprint density at radius 1 is 1.31 bits per heavy atom. The largest absolute Gasteiger partial charge is 0.497 e. The molecule has 1 N–H and O–H groups in total. The Hall–Kier alpha value is -1.55. The number of aliphatic hydroxyl groups is 1. The second-order valence-corrected chi connectivity index (χ2v) is 3.31. The molecular formula is C12H16O4. The maximum Gasteiger partial charge on any atom is 0.124 e. The van der Waals surface area contributed by atoms with Gasteiger partial charge in [0.05, 0.1) is 13.7 Å². The normalized spacial score (nSPS) is 9.88. The highest BCUT2D eigenvalue weighted by Crippen LogP contribution is 2.22. The van der Waals surface area contributed by atoms with Gasteiger partial charge in [0.2, 0.25) is 0 Å². The maximum absolute atomic E-state index is 10.4. The summed E-state index contributed by atoms with van der Waals surface area (Å²) in [5.74, 6) is 1.32. The lowest BCUT2D eigenvalue weighted by Crippen LogP contribution is -2.00. The number of benzene rings is 1. The maximum atomic E-state index is 10.4. The van der Waals surface area contributed by atoms with Crippen molar-refractivity contribution >= 4 is 6.29 Å². The summed E-state index contributed by atoms with van der Waals surface area (Å²) in [6.45, 7) is 0.551. The van der Waals surface area contributed by atoms with Crippen molar-refractivity contribution < 1.29 is 19.4 Å². The smallest absolute Gasteiger partial charge is 0.124 e. The fraction of sp³-hybridized carbons (Fsp3) is 0.417. The van der Waals surface area contributed by atoms with Gasteiger partial charge in [0.1, 0.15) is 17.8 Å². The molecule has 0 bridgehead atoms. The van der Waals surface area contributed by atoms with E-state index in [4.69, 9.17) is 14.6 Å². The van der Waals surface area contributed by atoms with E-state index in [1.165, 1.54) is 0 Å². The molecule has 4 nitrogen and oxygen atoms in total. The minimum Gasteiger partial charge on any atom is -0.497 e. The van der Waals surface area contributed by atoms with Gasteiger partial charge in [-0.05, 0) is 17.7 Å². The lowest BCUT2D eigenvalue weighted by Gasteiger charge is -2.09. The topological polar surface area (TPSA) is 55.8 Å². The van der Waals surface area contributed by atoms with Gasteiger partial charge in [-0.15, -0.1) is 0 Å². The second kappa shape index (κ2) is 6.85. The first-order valence-corrected chi connectivity index (χ1v) is 5.15. The third kappa shape index (κ3) is 3.90. The van der Waals surface area contributed by atoms with Crippen LogP contribution in [0, 0.1) is 0 Å². The van der Waals surface area contributed by atoms with E-state index < -0.39 is 0 Å². The molecule has 0 aliphatic heterocycles. The van der Waals surface area contributed by atoms with Crippen molar-refractivity contribution in [2.24, 2.45) is 0 Å². The standard InChI is InChI=1S/C12H16O4/c1-15-11-7-10(3-5-14)8-12(9-11)16-6-2-4-13/h5,7-9,13H,2-4,6H2,1H3. The van der Waals surface area contributed by atoms with E-state index in [1.54, 1.807) is 25.3 Å². The molecule has 0 amide bonds. The summed E-state index contributed by atoms with van der Waals surface area (Å²) in [6, 6.07) is 5.35. The van der Waals surface area contributed by atoms with Crippen LogP contribution in [0.25, 0.3) is 0 Å². The predicted octanol–water partition coefficient (Wildman–Crippen LogP) is 1.20. The Morgan fingerprint density at radius 2 is 2.06 bits per heavy atom. The SMILES string of the molecule is COc1cc(CC=O)cc(OCCCO)c1. The number of aliphatic hydroxyl groups excluding tert-OH is 1. The zero-order chi connectivity index (χ0) is 11.8. The van der Waals surface area contributed by atoms with Gasteiger partial charge in [-0.25, -0.2) is 0 Å². The number of rotatable bonds is 7. The molecule has 0 saturated carbocycles. The molecule has 1 rings (SSSR count). The summed E-state index contributed by atoms with van der Waals surface area (Å²) in [5, 5.41) is 8.63. The molecule has 0 fully saturated rings. The van der Waals surface area contributed by atoms with E-state index in [0.717, 1.165) is 11.8 Å². The van der Waals surface area contributed by atoms with E-state index in [0.29, 0.717) is 30.9 Å². The first-order valence-electron chi connectivity index (χ1n) is 5.15. The number of hydrogen-bond donors (Lipinski definition) is 1. The molecule has 0 saturated heterocycles. The van der Waals surface area contributed by atoms with Crippen LogP contribution in [0.3, 0.4) is 0 Å². The van der Waals surface area contributed by atoms with Crippen molar-refractivity contribution in [1.29, 1.82) is 0 Å². The van der Waals surface area contributed by atoms with Crippen LogP contribution < -0.4 is 9.47 Å². The monoisotopic (exact) mass is 224 g/mol. The van der Waals surface area contributed by atoms with Gasteiger partial charge in [-0.2, -0.15) is 0 Å². The van der Waals surface area contributed by atoms with Crippen molar-refractivity contribution in [3.05, 3.63) is 23.8 Å². The van der Waals surface area contributed by atoms with Crippen LogP contribution in [0.5, 0.6) is 11.5 Å². The summed E-state index contributed by atoms with van der Waals surface area (Å²) in [5.41, 5.74) is 0.855. The molecule has 16 heavy (non-hydrogen) atoms. The number of methoxy groups -OCH3 is 1. The van der Waals surface area contributed by atoms with Gasteiger partial charge in [0.15, 0.2) is 0 Å². The molecule has 88 valence electrons. The average molecular weight is 224 g/mol. The van der Waals surface area contributed by atoms with Crippen LogP contribution >= 0.6 is 0 Å². The third-order valence-corrected chi connectivity index (χ3v) is 2.07. The van der Waals surface area contributed by atoms with E-state index in [1.807, 2.05) is 0 Å². The number of aldehydes is 1. The van der Waals surface area contributed by atoms with Crippen LogP contribution in [-0.2, 0) is 11.2 Å². The fourth-order valence-corrected chi connectivity index (χ4v) is 1.30. The molecule has 0 aliphatic carbocycles. The summed E-state index contributed by atoms with van der Waals surface area (Å²) >= 11 is 0. The summed E-state index contributed by atoms with van der Waals surface area (Å²) < 4.78 is 10.5. The minimum absolute atomic E-state index is 0.102. The lowest BCUT2D eigenvalue weighted by molar-refractivity contribution is -0.107. The van der Waals surface area contributed by atoms with Crippen LogP contribution in [0.2, 0.25) is 0 Å². The molecule has 0 unspecified atom stereocenters. The van der Waals surface area contributed by atoms with Crippen molar-refractivity contribution in [3.63, 3.8) is 0 Å². The van der Waals surface area contributed by atoms with Crippen LogP contribution in [0.1, 0.15) is 12.0 Å². The quantitative estimate of drug-likeness (QED) is 0.558. The second-order valence-electron chi connectivity index (χ2n) is 3.31. The number of carbonyl (C=O) groups is 1. The number of ether oxygens (including phenoxy) is 2. The number of hydrogen-bond acceptors (Lipinski definition) is 4. The Labute approximate surface area is 94.8 Å². The van der Waals surface area contributed by atoms with Crippen LogP contribution in [0.15, 0.2) is 18.2 Å². The molecule has 0 atom stereocenters. The van der Waals surface area contributed by atoms with Gasteiger partial charge >= 0.3 is 0 Å². The summed E-state index contributed by atoms with van der Waals surface area (Å²) in [7, 11) is 1.57. The molecule has 4 heteroatoms. The van der Waals surface area contributed by atoms with Gasteiger partial charge in [-0.1, -0.05) is 0 Å². The van der Waals surface area contributed by atoms with Crippen LogP contribution in [-0.4, -0.2) is 31.7 Å². The first-order chi connectivity index (χ1) is 7.80.